The molecule has 3 rings (SSSR count). The molecule has 6 heteroatoms. The molecule has 2 aliphatic rings. The van der Waals surface area contributed by atoms with Gasteiger partial charge < -0.3 is 24.5 Å². The van der Waals surface area contributed by atoms with Gasteiger partial charge in [-0.15, -0.1) is 0 Å². The van der Waals surface area contributed by atoms with Crippen molar-refractivity contribution in [1.82, 2.24) is 10.6 Å². The highest BCUT2D eigenvalue weighted by Gasteiger charge is 2.35. The normalized spacial score (nSPS) is 26.4. The Morgan fingerprint density at radius 1 is 1.39 bits per heavy atom. The third-order valence-electron chi connectivity index (χ3n) is 4.42. The summed E-state index contributed by atoms with van der Waals surface area (Å²) in [5.74, 6) is 1.89. The monoisotopic (exact) mass is 322 g/mol. The molecule has 1 saturated heterocycles. The molecule has 1 aromatic rings. The molecule has 6 nitrogen and oxygen atoms in total. The minimum absolute atomic E-state index is 0.0188. The first kappa shape index (κ1) is 16.3. The van der Waals surface area contributed by atoms with Crippen LogP contribution < -0.4 is 10.6 Å². The zero-order valence-corrected chi connectivity index (χ0v) is 14.1. The molecule has 0 unspecified atom stereocenters. The number of hydrogen-bond acceptors (Lipinski definition) is 4. The number of rotatable bonds is 3. The number of urea groups is 1. The highest BCUT2D eigenvalue weighted by molar-refractivity contribution is 5.74. The third-order valence-corrected chi connectivity index (χ3v) is 4.42. The summed E-state index contributed by atoms with van der Waals surface area (Å²) in [7, 11) is 0. The van der Waals surface area contributed by atoms with Gasteiger partial charge in [0.15, 0.2) is 0 Å². The van der Waals surface area contributed by atoms with E-state index in [9.17, 15) is 4.79 Å². The lowest BCUT2D eigenvalue weighted by Crippen LogP contribution is -2.46. The molecule has 23 heavy (non-hydrogen) atoms. The second-order valence-electron chi connectivity index (χ2n) is 7.26. The van der Waals surface area contributed by atoms with Crippen molar-refractivity contribution in [3.05, 3.63) is 23.2 Å². The van der Waals surface area contributed by atoms with Crippen LogP contribution in [-0.4, -0.2) is 38.5 Å². The van der Waals surface area contributed by atoms with Crippen molar-refractivity contribution in [3.8, 4) is 0 Å². The van der Waals surface area contributed by atoms with Crippen molar-refractivity contribution in [2.24, 2.45) is 5.41 Å². The molecule has 0 aromatic carbocycles. The number of aryl methyl sites for hydroxylation is 1. The van der Waals surface area contributed by atoms with Crippen molar-refractivity contribution in [3.63, 3.8) is 0 Å². The van der Waals surface area contributed by atoms with E-state index in [2.05, 4.69) is 24.5 Å². The number of nitrogens with one attached hydrogen (secondary N) is 2. The van der Waals surface area contributed by atoms with Gasteiger partial charge in [0.25, 0.3) is 0 Å². The maximum absolute atomic E-state index is 12.2. The van der Waals surface area contributed by atoms with Gasteiger partial charge in [0.2, 0.25) is 0 Å². The van der Waals surface area contributed by atoms with E-state index in [4.69, 9.17) is 13.9 Å². The van der Waals surface area contributed by atoms with E-state index in [-0.39, 0.29) is 23.6 Å². The third kappa shape index (κ3) is 4.06. The summed E-state index contributed by atoms with van der Waals surface area (Å²) in [6, 6.07) is 1.84. The minimum atomic E-state index is -0.174. The number of amides is 2. The molecule has 2 N–H and O–H groups in total. The fraction of sp³-hybridized carbons (Fsp3) is 0.706. The fourth-order valence-electron chi connectivity index (χ4n) is 3.38. The summed E-state index contributed by atoms with van der Waals surface area (Å²) in [4.78, 5) is 12.2. The van der Waals surface area contributed by atoms with Crippen LogP contribution in [0.15, 0.2) is 10.5 Å². The first-order chi connectivity index (χ1) is 10.9. The van der Waals surface area contributed by atoms with Crippen molar-refractivity contribution in [1.29, 1.82) is 0 Å². The van der Waals surface area contributed by atoms with Gasteiger partial charge in [-0.2, -0.15) is 0 Å². The van der Waals surface area contributed by atoms with Gasteiger partial charge in [0.1, 0.15) is 11.5 Å². The van der Waals surface area contributed by atoms with E-state index in [1.54, 1.807) is 0 Å². The van der Waals surface area contributed by atoms with Gasteiger partial charge in [0, 0.05) is 18.5 Å². The number of fused-ring (bicyclic) bond motifs is 1. The van der Waals surface area contributed by atoms with E-state index in [1.807, 2.05) is 13.0 Å². The van der Waals surface area contributed by atoms with E-state index >= 15 is 0 Å². The fourth-order valence-corrected chi connectivity index (χ4v) is 3.38. The van der Waals surface area contributed by atoms with E-state index in [0.717, 1.165) is 29.9 Å². The van der Waals surface area contributed by atoms with E-state index < -0.39 is 0 Å². The average molecular weight is 322 g/mol. The molecule has 1 aliphatic heterocycles. The molecule has 2 amide bonds. The van der Waals surface area contributed by atoms with Crippen molar-refractivity contribution < 1.29 is 18.7 Å². The molecular weight excluding hydrogens is 296 g/mol. The van der Waals surface area contributed by atoms with Crippen LogP contribution in [0, 0.1) is 12.3 Å². The van der Waals surface area contributed by atoms with E-state index in [1.165, 1.54) is 0 Å². The SMILES string of the molecule is Cc1cc2c(o1)CC(C)(C)C[C@@H]2NC(=O)NC[C@H]1COCCO1. The van der Waals surface area contributed by atoms with Crippen molar-refractivity contribution >= 4 is 6.03 Å². The van der Waals surface area contributed by atoms with Crippen LogP contribution in [-0.2, 0) is 15.9 Å². The number of hydrogen-bond donors (Lipinski definition) is 2. The van der Waals surface area contributed by atoms with Crippen LogP contribution in [0.5, 0.6) is 0 Å². The summed E-state index contributed by atoms with van der Waals surface area (Å²) in [6.07, 6.45) is 1.74. The first-order valence-electron chi connectivity index (χ1n) is 8.26. The Labute approximate surface area is 136 Å². The number of carbonyl (C=O) groups excluding carboxylic acids is 1. The quantitative estimate of drug-likeness (QED) is 0.896. The van der Waals surface area contributed by atoms with Gasteiger partial charge in [-0.05, 0) is 24.8 Å². The smallest absolute Gasteiger partial charge is 0.315 e. The summed E-state index contributed by atoms with van der Waals surface area (Å²) in [5.41, 5.74) is 1.21. The Morgan fingerprint density at radius 2 is 2.22 bits per heavy atom. The molecule has 0 spiro atoms. The molecule has 0 saturated carbocycles. The standard InChI is InChI=1S/C17H26N2O4/c1-11-6-13-14(7-17(2,3)8-15(13)23-11)19-16(20)18-9-12-10-21-4-5-22-12/h6,12,14H,4-5,7-10H2,1-3H3,(H2,18,19,20)/t12-,14-/m0/s1. The second kappa shape index (κ2) is 6.53. The minimum Gasteiger partial charge on any atom is -0.466 e. The number of carbonyl (C=O) groups is 1. The van der Waals surface area contributed by atoms with Crippen LogP contribution in [0.1, 0.15) is 43.4 Å². The lowest BCUT2D eigenvalue weighted by atomic mass is 9.75. The zero-order chi connectivity index (χ0) is 16.4. The molecule has 1 fully saturated rings. The molecular formula is C17H26N2O4. The first-order valence-corrected chi connectivity index (χ1v) is 8.26. The number of furan rings is 1. The predicted octanol–water partition coefficient (Wildman–Crippen LogP) is 2.32. The Morgan fingerprint density at radius 3 is 2.96 bits per heavy atom. The van der Waals surface area contributed by atoms with Gasteiger partial charge in [-0.1, -0.05) is 13.8 Å². The van der Waals surface area contributed by atoms with Crippen LogP contribution in [0.25, 0.3) is 0 Å². The molecule has 1 aromatic heterocycles. The Kier molecular flexibility index (Phi) is 4.64. The second-order valence-corrected chi connectivity index (χ2v) is 7.26. The van der Waals surface area contributed by atoms with Crippen LogP contribution >= 0.6 is 0 Å². The zero-order valence-electron chi connectivity index (χ0n) is 14.1. The van der Waals surface area contributed by atoms with Crippen molar-refractivity contribution in [2.75, 3.05) is 26.4 Å². The Hall–Kier alpha value is -1.53. The number of ether oxygens (including phenoxy) is 2. The topological polar surface area (TPSA) is 72.7 Å². The molecule has 0 radical (unpaired) electrons. The molecule has 2 atom stereocenters. The Bertz CT molecular complexity index is 561. The maximum atomic E-state index is 12.2. The highest BCUT2D eigenvalue weighted by atomic mass is 16.6. The molecule has 128 valence electrons. The van der Waals surface area contributed by atoms with Gasteiger partial charge >= 0.3 is 6.03 Å². The van der Waals surface area contributed by atoms with Crippen molar-refractivity contribution in [2.45, 2.75) is 45.8 Å². The van der Waals surface area contributed by atoms with Crippen LogP contribution in [0.2, 0.25) is 0 Å². The lowest BCUT2D eigenvalue weighted by molar-refractivity contribution is -0.0854. The predicted molar refractivity (Wildman–Crippen MR) is 85.4 cm³/mol. The Balaban J connectivity index is 1.59. The summed E-state index contributed by atoms with van der Waals surface area (Å²) in [6.45, 7) is 8.55. The van der Waals surface area contributed by atoms with Gasteiger partial charge in [0.05, 0.1) is 32.0 Å². The van der Waals surface area contributed by atoms with E-state index in [0.29, 0.717) is 26.4 Å². The highest BCUT2D eigenvalue weighted by Crippen LogP contribution is 2.41. The van der Waals surface area contributed by atoms with Crippen LogP contribution in [0.4, 0.5) is 4.79 Å². The average Bonchev–Trinajstić information content (AvgIpc) is 2.85. The largest absolute Gasteiger partial charge is 0.466 e. The van der Waals surface area contributed by atoms with Gasteiger partial charge in [-0.25, -0.2) is 4.79 Å². The van der Waals surface area contributed by atoms with Gasteiger partial charge in [-0.3, -0.25) is 0 Å². The molecule has 1 aliphatic carbocycles. The maximum Gasteiger partial charge on any atom is 0.315 e. The lowest BCUT2D eigenvalue weighted by Gasteiger charge is -2.34. The summed E-state index contributed by atoms with van der Waals surface area (Å²) < 4.78 is 16.7. The summed E-state index contributed by atoms with van der Waals surface area (Å²) in [5, 5.41) is 5.96. The molecule has 0 bridgehead atoms. The summed E-state index contributed by atoms with van der Waals surface area (Å²) >= 11 is 0. The molecule has 2 heterocycles. The van der Waals surface area contributed by atoms with Crippen LogP contribution in [0.3, 0.4) is 0 Å².